The number of benzene rings is 1. The van der Waals surface area contributed by atoms with Crippen LogP contribution in [0.2, 0.25) is 0 Å². The molecule has 3 aromatic rings. The van der Waals surface area contributed by atoms with E-state index < -0.39 is 18.1 Å². The Bertz CT molecular complexity index is 888. The number of pyridine rings is 1. The highest BCUT2D eigenvalue weighted by atomic mass is 16.4. The summed E-state index contributed by atoms with van der Waals surface area (Å²) in [5, 5.41) is 16.2. The molecule has 0 saturated carbocycles. The third-order valence-corrected chi connectivity index (χ3v) is 3.34. The number of aromatic nitrogens is 3. The number of carbonyl (C=O) groups is 1. The average molecular weight is 294 g/mol. The van der Waals surface area contributed by atoms with E-state index in [1.165, 1.54) is 0 Å². The topological polar surface area (TPSA) is 87.9 Å². The fourth-order valence-electron chi connectivity index (χ4n) is 2.36. The maximum atomic E-state index is 12.3. The maximum Gasteiger partial charge on any atom is 0.275 e. The molecule has 0 unspecified atom stereocenters. The van der Waals surface area contributed by atoms with Crippen molar-refractivity contribution in [1.29, 1.82) is 0 Å². The summed E-state index contributed by atoms with van der Waals surface area (Å²) in [5.41, 5.74) is 1.19. The molecule has 0 bridgehead atoms. The number of fused-ring (bicyclic) bond motifs is 1. The highest BCUT2D eigenvalue weighted by Crippen LogP contribution is 2.16. The molecule has 0 fully saturated rings. The van der Waals surface area contributed by atoms with Crippen molar-refractivity contribution in [2.24, 2.45) is 0 Å². The molecule has 0 aliphatic heterocycles. The van der Waals surface area contributed by atoms with Crippen molar-refractivity contribution in [2.75, 3.05) is 0 Å². The van der Waals surface area contributed by atoms with E-state index in [-0.39, 0.29) is 0 Å². The van der Waals surface area contributed by atoms with Gasteiger partial charge in [0.2, 0.25) is 0 Å². The highest BCUT2D eigenvalue weighted by molar-refractivity contribution is 5.84. The zero-order chi connectivity index (χ0) is 15.5. The number of nitrogens with zero attached hydrogens (tertiary/aromatic N) is 3. The lowest BCUT2D eigenvalue weighted by atomic mass is 10.1. The molecule has 0 aliphatic rings. The molecule has 110 valence electrons. The number of carbonyl (C=O) groups excluding carboxylic acids is 1. The molecule has 1 aromatic carbocycles. The molecule has 2 aromatic heterocycles. The van der Waals surface area contributed by atoms with Crippen LogP contribution in [0, 0.1) is 0 Å². The van der Waals surface area contributed by atoms with Gasteiger partial charge in [-0.15, -0.1) is 0 Å². The summed E-state index contributed by atoms with van der Waals surface area (Å²) in [5.74, 6) is -1.35. The van der Waals surface area contributed by atoms with E-state index in [9.17, 15) is 14.7 Å². The molecule has 2 heterocycles. The first-order valence-electron chi connectivity index (χ1n) is 6.72. The fraction of sp³-hybridized carbons (Fsp3) is 0.125. The Balaban J connectivity index is 2.17. The largest absolute Gasteiger partial charge is 0.548 e. The Morgan fingerprint density at radius 2 is 1.77 bits per heavy atom. The van der Waals surface area contributed by atoms with Crippen LogP contribution >= 0.6 is 0 Å². The van der Waals surface area contributed by atoms with Crippen molar-refractivity contribution in [3.63, 3.8) is 0 Å². The van der Waals surface area contributed by atoms with Gasteiger partial charge in [0.25, 0.3) is 5.56 Å². The first-order valence-corrected chi connectivity index (χ1v) is 6.72. The van der Waals surface area contributed by atoms with Gasteiger partial charge < -0.3 is 9.90 Å². The molecular formula is C16H12N3O3-. The van der Waals surface area contributed by atoms with Gasteiger partial charge in [0.15, 0.2) is 0 Å². The van der Waals surface area contributed by atoms with E-state index in [1.807, 2.05) is 24.3 Å². The predicted molar refractivity (Wildman–Crippen MR) is 78.1 cm³/mol. The third kappa shape index (κ3) is 2.71. The first kappa shape index (κ1) is 13.9. The normalized spacial score (nSPS) is 10.7. The van der Waals surface area contributed by atoms with Gasteiger partial charge in [-0.25, -0.2) is 4.68 Å². The van der Waals surface area contributed by atoms with Crippen LogP contribution in [-0.4, -0.2) is 20.7 Å². The summed E-state index contributed by atoms with van der Waals surface area (Å²) >= 11 is 0. The lowest BCUT2D eigenvalue weighted by Gasteiger charge is -2.11. The minimum Gasteiger partial charge on any atom is -0.548 e. The van der Waals surface area contributed by atoms with Gasteiger partial charge in [-0.2, -0.15) is 5.10 Å². The minimum atomic E-state index is -1.35. The summed E-state index contributed by atoms with van der Waals surface area (Å²) in [7, 11) is 0. The zero-order valence-corrected chi connectivity index (χ0v) is 11.6. The molecule has 6 heteroatoms. The van der Waals surface area contributed by atoms with Crippen molar-refractivity contribution in [3.05, 3.63) is 70.4 Å². The van der Waals surface area contributed by atoms with Gasteiger partial charge >= 0.3 is 0 Å². The van der Waals surface area contributed by atoms with Gasteiger partial charge in [0.05, 0.1) is 23.6 Å². The van der Waals surface area contributed by atoms with E-state index in [1.54, 1.807) is 24.5 Å². The average Bonchev–Trinajstić information content (AvgIpc) is 2.52. The lowest BCUT2D eigenvalue weighted by Crippen LogP contribution is -2.34. The van der Waals surface area contributed by atoms with Gasteiger partial charge in [-0.05, 0) is 23.8 Å². The van der Waals surface area contributed by atoms with Gasteiger partial charge in [-0.3, -0.25) is 9.78 Å². The Labute approximate surface area is 125 Å². The number of hydrogen-bond acceptors (Lipinski definition) is 5. The second kappa shape index (κ2) is 5.77. The molecule has 0 spiro atoms. The summed E-state index contributed by atoms with van der Waals surface area (Å²) < 4.78 is 0.939. The number of carboxylic acid groups (broad SMARTS) is 1. The van der Waals surface area contributed by atoms with Gasteiger partial charge in [0.1, 0.15) is 0 Å². The van der Waals surface area contributed by atoms with Crippen LogP contribution < -0.4 is 10.7 Å². The molecule has 0 saturated heterocycles. The number of rotatable bonds is 4. The molecule has 0 N–H and O–H groups in total. The Morgan fingerprint density at radius 3 is 2.45 bits per heavy atom. The summed E-state index contributed by atoms with van der Waals surface area (Å²) in [6.07, 6.45) is 3.83. The van der Waals surface area contributed by atoms with Crippen LogP contribution in [0.3, 0.4) is 0 Å². The third-order valence-electron chi connectivity index (χ3n) is 3.34. The molecule has 0 radical (unpaired) electrons. The van der Waals surface area contributed by atoms with Crippen LogP contribution in [0.1, 0.15) is 11.3 Å². The molecule has 22 heavy (non-hydrogen) atoms. The van der Waals surface area contributed by atoms with Crippen LogP contribution in [0.5, 0.6) is 0 Å². The Kier molecular flexibility index (Phi) is 3.65. The molecule has 0 aliphatic carbocycles. The van der Waals surface area contributed by atoms with Crippen molar-refractivity contribution in [3.8, 4) is 0 Å². The fourth-order valence-corrected chi connectivity index (χ4v) is 2.36. The van der Waals surface area contributed by atoms with E-state index in [2.05, 4.69) is 10.1 Å². The van der Waals surface area contributed by atoms with E-state index >= 15 is 0 Å². The van der Waals surface area contributed by atoms with Crippen LogP contribution in [0.15, 0.2) is 53.6 Å². The first-order chi connectivity index (χ1) is 10.6. The van der Waals surface area contributed by atoms with E-state index in [0.717, 1.165) is 15.6 Å². The molecule has 0 atom stereocenters. The summed E-state index contributed by atoms with van der Waals surface area (Å²) in [6.45, 7) is -0.562. The van der Waals surface area contributed by atoms with Crippen LogP contribution in [0.4, 0.5) is 0 Å². The predicted octanol–water partition coefficient (Wildman–Crippen LogP) is 0.132. The monoisotopic (exact) mass is 294 g/mol. The zero-order valence-electron chi connectivity index (χ0n) is 11.6. The lowest BCUT2D eigenvalue weighted by molar-refractivity contribution is -0.306. The van der Waals surface area contributed by atoms with E-state index in [0.29, 0.717) is 17.5 Å². The standard InChI is InChI=1S/C16H13N3O3/c20-15(21)10-19-16(22)13-4-2-1-3-12(13)14(18-19)9-11-5-7-17-8-6-11/h1-8H,9-10H2,(H,20,21)/p-1. The quantitative estimate of drug-likeness (QED) is 0.682. The maximum absolute atomic E-state index is 12.3. The summed E-state index contributed by atoms with van der Waals surface area (Å²) in [4.78, 5) is 27.0. The second-order valence-electron chi connectivity index (χ2n) is 4.86. The van der Waals surface area contributed by atoms with Crippen molar-refractivity contribution in [2.45, 2.75) is 13.0 Å². The SMILES string of the molecule is O=C([O-])Cn1nc(Cc2ccncc2)c2ccccc2c1=O. The molecule has 3 rings (SSSR count). The second-order valence-corrected chi connectivity index (χ2v) is 4.86. The Morgan fingerprint density at radius 1 is 1.09 bits per heavy atom. The van der Waals surface area contributed by atoms with Crippen molar-refractivity contribution in [1.82, 2.24) is 14.8 Å². The van der Waals surface area contributed by atoms with Crippen molar-refractivity contribution < 1.29 is 9.90 Å². The van der Waals surface area contributed by atoms with Crippen LogP contribution in [0.25, 0.3) is 10.8 Å². The number of hydrogen-bond donors (Lipinski definition) is 0. The molecular weight excluding hydrogens is 282 g/mol. The van der Waals surface area contributed by atoms with Gasteiger partial charge in [0, 0.05) is 24.2 Å². The smallest absolute Gasteiger partial charge is 0.275 e. The molecule has 0 amide bonds. The number of carboxylic acids is 1. The minimum absolute atomic E-state index is 0.432. The van der Waals surface area contributed by atoms with E-state index in [4.69, 9.17) is 0 Å². The van der Waals surface area contributed by atoms with Gasteiger partial charge in [-0.1, -0.05) is 18.2 Å². The molecule has 6 nitrogen and oxygen atoms in total. The number of aliphatic carboxylic acids is 1. The highest BCUT2D eigenvalue weighted by Gasteiger charge is 2.10. The van der Waals surface area contributed by atoms with Crippen molar-refractivity contribution >= 4 is 16.7 Å². The summed E-state index contributed by atoms with van der Waals surface area (Å²) in [6, 6.07) is 10.7. The Hall–Kier alpha value is -3.02. The van der Waals surface area contributed by atoms with Crippen LogP contribution in [-0.2, 0) is 17.8 Å².